The number of hydrogen-bond acceptors (Lipinski definition) is 5. The predicted molar refractivity (Wildman–Crippen MR) is 197 cm³/mol. The molecule has 3 saturated carbocycles. The predicted octanol–water partition coefficient (Wildman–Crippen LogP) is 7.20. The van der Waals surface area contributed by atoms with Gasteiger partial charge in [-0.05, 0) is 106 Å². The number of methoxy groups -OCH3 is 1. The molecule has 6 nitrogen and oxygen atoms in total. The number of unbranched alkanes of at least 4 members (excludes halogenated alkanes) is 3. The number of rotatable bonds is 11. The van der Waals surface area contributed by atoms with Gasteiger partial charge in [0, 0.05) is 37.7 Å². The summed E-state index contributed by atoms with van der Waals surface area (Å²) in [6, 6.07) is 0. The fourth-order valence-corrected chi connectivity index (χ4v) is 11.6. The second-order valence-corrected chi connectivity index (χ2v) is 17.5. The molecule has 0 radical (unpaired) electrons. The van der Waals surface area contributed by atoms with Gasteiger partial charge in [-0.15, -0.1) is 0 Å². The molecule has 12 unspecified atom stereocenters. The summed E-state index contributed by atoms with van der Waals surface area (Å²) in [6.45, 7) is 5.68. The van der Waals surface area contributed by atoms with Crippen LogP contribution >= 0.6 is 0 Å². The van der Waals surface area contributed by atoms with Crippen molar-refractivity contribution in [3.05, 3.63) is 0 Å². The van der Waals surface area contributed by atoms with Gasteiger partial charge in [-0.1, -0.05) is 83.5 Å². The number of aliphatic hydroxyl groups is 1. The van der Waals surface area contributed by atoms with Crippen molar-refractivity contribution in [2.45, 2.75) is 173 Å². The highest BCUT2D eigenvalue weighted by molar-refractivity contribution is 6.00. The van der Waals surface area contributed by atoms with Gasteiger partial charge >= 0.3 is 0 Å². The minimum absolute atomic E-state index is 0.0107. The van der Waals surface area contributed by atoms with Crippen molar-refractivity contribution < 1.29 is 24.7 Å². The van der Waals surface area contributed by atoms with Gasteiger partial charge in [-0.2, -0.15) is 0 Å². The summed E-state index contributed by atoms with van der Waals surface area (Å²) >= 11 is 0. The zero-order chi connectivity index (χ0) is 34.8. The lowest BCUT2D eigenvalue weighted by Gasteiger charge is -2.44. The zero-order valence-electron chi connectivity index (χ0n) is 31.6. The first-order chi connectivity index (χ1) is 23.8. The quantitative estimate of drug-likeness (QED) is 0.122. The van der Waals surface area contributed by atoms with Crippen LogP contribution in [-0.2, 0) is 14.3 Å². The number of quaternary nitrogens is 1. The molecule has 49 heavy (non-hydrogen) atoms. The third-order valence-corrected chi connectivity index (χ3v) is 14.1. The molecule has 0 spiro atoms. The van der Waals surface area contributed by atoms with Gasteiger partial charge in [0.15, 0.2) is 0 Å². The van der Waals surface area contributed by atoms with Crippen molar-refractivity contribution in [1.82, 2.24) is 0 Å². The summed E-state index contributed by atoms with van der Waals surface area (Å²) < 4.78 is 5.77. The normalized spacial score (nSPS) is 39.8. The molecule has 6 heteroatoms. The van der Waals surface area contributed by atoms with Gasteiger partial charge in [0.1, 0.15) is 17.7 Å². The zero-order valence-corrected chi connectivity index (χ0v) is 31.6. The lowest BCUT2D eigenvalue weighted by Crippen LogP contribution is -2.94. The number of fused-ring (bicyclic) bond motifs is 2. The first-order valence-electron chi connectivity index (χ1n) is 21.2. The topological polar surface area (TPSA) is 106 Å². The van der Waals surface area contributed by atoms with Crippen LogP contribution in [0.4, 0.5) is 0 Å². The number of Topliss-reactive ketones (excluding diaryl/α,β-unsaturated/α-hetero) is 2. The molecular formula is C43H73N2O4+. The minimum atomic E-state index is -0.485. The van der Waals surface area contributed by atoms with Crippen LogP contribution in [0.2, 0.25) is 0 Å². The first-order valence-corrected chi connectivity index (χ1v) is 21.2. The molecule has 0 bridgehead atoms. The van der Waals surface area contributed by atoms with E-state index in [9.17, 15) is 14.7 Å². The van der Waals surface area contributed by atoms with E-state index in [0.717, 1.165) is 45.1 Å². The number of hydrogen-bond donors (Lipinski definition) is 3. The number of piperidine rings is 1. The van der Waals surface area contributed by atoms with Gasteiger partial charge in [-0.3, -0.25) is 15.3 Å². The average Bonchev–Trinajstić information content (AvgIpc) is 3.23. The minimum Gasteiger partial charge on any atom is -0.390 e. The Morgan fingerprint density at radius 1 is 0.857 bits per heavy atom. The number of nitrogens with two attached hydrogens (primary N) is 2. The van der Waals surface area contributed by atoms with Crippen LogP contribution in [0.15, 0.2) is 0 Å². The number of ether oxygens (including phenoxy) is 1. The van der Waals surface area contributed by atoms with Crippen LogP contribution < -0.4 is 11.1 Å². The Morgan fingerprint density at radius 3 is 2.39 bits per heavy atom. The molecule has 1 saturated heterocycles. The highest BCUT2D eigenvalue weighted by atomic mass is 16.5. The van der Waals surface area contributed by atoms with E-state index in [4.69, 9.17) is 10.5 Å². The second-order valence-electron chi connectivity index (χ2n) is 17.5. The van der Waals surface area contributed by atoms with Crippen LogP contribution in [0.1, 0.15) is 155 Å². The molecule has 5 N–H and O–H groups in total. The molecule has 4 fully saturated rings. The van der Waals surface area contributed by atoms with Gasteiger partial charge < -0.3 is 15.2 Å². The lowest BCUT2D eigenvalue weighted by atomic mass is 9.63. The van der Waals surface area contributed by atoms with E-state index >= 15 is 0 Å². The first kappa shape index (κ1) is 39.0. The molecule has 1 heterocycles. The summed E-state index contributed by atoms with van der Waals surface area (Å²) in [4.78, 5) is 28.4. The van der Waals surface area contributed by atoms with Crippen LogP contribution in [0.5, 0.6) is 0 Å². The molecule has 278 valence electrons. The largest absolute Gasteiger partial charge is 0.390 e. The summed E-state index contributed by atoms with van der Waals surface area (Å²) in [6.07, 6.45) is 22.5. The summed E-state index contributed by atoms with van der Waals surface area (Å²) in [7, 11) is 1.71. The third-order valence-electron chi connectivity index (χ3n) is 14.1. The third kappa shape index (κ3) is 10.6. The maximum absolute atomic E-state index is 14.7. The van der Waals surface area contributed by atoms with Gasteiger partial charge in [0.2, 0.25) is 0 Å². The van der Waals surface area contributed by atoms with Gasteiger partial charge in [-0.25, -0.2) is 0 Å². The van der Waals surface area contributed by atoms with Gasteiger partial charge in [0.05, 0.1) is 25.2 Å². The van der Waals surface area contributed by atoms with Crippen molar-refractivity contribution >= 4 is 11.6 Å². The second kappa shape index (κ2) is 19.5. The monoisotopic (exact) mass is 682 g/mol. The number of carbonyl (C=O) groups is 2. The van der Waals surface area contributed by atoms with Crippen LogP contribution in [0, 0.1) is 71.0 Å². The number of carbonyl (C=O) groups excluding carboxylic acids is 2. The molecule has 12 atom stereocenters. The van der Waals surface area contributed by atoms with E-state index in [1.54, 1.807) is 7.11 Å². The summed E-state index contributed by atoms with van der Waals surface area (Å²) in [5, 5.41) is 13.6. The van der Waals surface area contributed by atoms with Crippen molar-refractivity contribution in [3.63, 3.8) is 0 Å². The van der Waals surface area contributed by atoms with Crippen LogP contribution in [-0.4, -0.2) is 48.7 Å². The number of ketones is 2. The molecule has 0 aromatic rings. The Morgan fingerprint density at radius 2 is 1.65 bits per heavy atom. The van der Waals surface area contributed by atoms with Crippen molar-refractivity contribution in [2.24, 2.45) is 64.9 Å². The Kier molecular flexibility index (Phi) is 15.5. The Balaban J connectivity index is 1.56. The highest BCUT2D eigenvalue weighted by Crippen LogP contribution is 2.49. The lowest BCUT2D eigenvalue weighted by molar-refractivity contribution is -0.699. The van der Waals surface area contributed by atoms with Crippen molar-refractivity contribution in [1.29, 1.82) is 0 Å². The Bertz CT molecular complexity index is 1090. The molecule has 0 aromatic carbocycles. The maximum atomic E-state index is 14.7. The van der Waals surface area contributed by atoms with Crippen molar-refractivity contribution in [2.75, 3.05) is 13.7 Å². The number of aliphatic hydroxyl groups excluding tert-OH is 1. The van der Waals surface area contributed by atoms with E-state index in [0.29, 0.717) is 48.3 Å². The van der Waals surface area contributed by atoms with Crippen LogP contribution in [0.3, 0.4) is 0 Å². The highest BCUT2D eigenvalue weighted by Gasteiger charge is 2.46. The fraction of sp³-hybridized carbons (Fsp3) is 0.907. The van der Waals surface area contributed by atoms with E-state index in [-0.39, 0.29) is 53.9 Å². The van der Waals surface area contributed by atoms with E-state index in [1.165, 1.54) is 83.5 Å². The average molecular weight is 682 g/mol. The molecule has 5 rings (SSSR count). The SMILES string of the molecule is CCCCCC1C(CCCC)CC(CC2CC[NH2+]C(N)C2)CC2C#CC(C3CCCCC3)C3CC(O)C(OC)CC3CCC(=O)CC(=O)C21. The molecule has 1 aliphatic heterocycles. The summed E-state index contributed by atoms with van der Waals surface area (Å²) in [5.41, 5.74) is 6.47. The fourth-order valence-electron chi connectivity index (χ4n) is 11.6. The molecule has 5 aliphatic rings. The molecule has 4 aliphatic carbocycles. The summed E-state index contributed by atoms with van der Waals surface area (Å²) in [5.74, 6) is 11.6. The molecule has 0 amide bonds. The van der Waals surface area contributed by atoms with Gasteiger partial charge in [0.25, 0.3) is 0 Å². The van der Waals surface area contributed by atoms with E-state index < -0.39 is 6.10 Å². The smallest absolute Gasteiger partial charge is 0.144 e. The van der Waals surface area contributed by atoms with Crippen LogP contribution in [0.25, 0.3) is 0 Å². The Hall–Kier alpha value is -1.26. The van der Waals surface area contributed by atoms with Crippen molar-refractivity contribution in [3.8, 4) is 11.8 Å². The maximum Gasteiger partial charge on any atom is 0.144 e. The Labute approximate surface area is 299 Å². The van der Waals surface area contributed by atoms with E-state index in [1.807, 2.05) is 0 Å². The molecule has 0 aromatic heterocycles. The standard InChI is InChI=1S/C43H72N2O4/c1-4-6-9-15-37-32(12-7-5-2)23-30(22-29-20-21-45-42(44)25-29)24-34-17-19-36(31-13-10-8-11-14-31)38-28-39(47)41(49-3)26-33(38)16-18-35(46)27-40(48)43(34)37/h29-34,36-39,41-43,45,47H,4-16,18,20-28,44H2,1-3H3/p+1. The van der Waals surface area contributed by atoms with E-state index in [2.05, 4.69) is 31.0 Å². The molecular weight excluding hydrogens is 608 g/mol.